The topological polar surface area (TPSA) is 128 Å². The van der Waals surface area contributed by atoms with E-state index < -0.39 is 5.82 Å². The van der Waals surface area contributed by atoms with Crippen molar-refractivity contribution in [1.82, 2.24) is 19.5 Å². The van der Waals surface area contributed by atoms with Crippen molar-refractivity contribution in [1.29, 1.82) is 5.41 Å². The average Bonchev–Trinajstić information content (AvgIpc) is 3.49. The van der Waals surface area contributed by atoms with Crippen LogP contribution in [0.2, 0.25) is 0 Å². The summed E-state index contributed by atoms with van der Waals surface area (Å²) in [6.45, 7) is 6.95. The number of pyridine rings is 1. The van der Waals surface area contributed by atoms with Gasteiger partial charge in [-0.05, 0) is 38.2 Å². The Morgan fingerprint density at radius 2 is 2.08 bits per heavy atom. The molecule has 0 unspecified atom stereocenters. The number of ether oxygens (including phenoxy) is 2. The molecule has 39 heavy (non-hydrogen) atoms. The van der Waals surface area contributed by atoms with Gasteiger partial charge in [0.2, 0.25) is 0 Å². The van der Waals surface area contributed by atoms with Gasteiger partial charge in [-0.3, -0.25) is 5.41 Å². The van der Waals surface area contributed by atoms with Gasteiger partial charge in [0, 0.05) is 59.2 Å². The summed E-state index contributed by atoms with van der Waals surface area (Å²) >= 11 is 1.26. The molecule has 1 saturated heterocycles. The standard InChI is InChI=1S/C26H28FN8O2S.Sm/c1-16-21(19-14-17(6-9-35(19)33-16)37-13-12-34-10-7-30-8-11-34)26-32-23(24(38-26)25(29)31-15-28)22-18(27)4-3-5-20(22)36-2;/h3-6,9,14-15H,7-8,10-13H2,1-2H3,(H3,28,29,31);/q-1;. The van der Waals surface area contributed by atoms with Crippen molar-refractivity contribution >= 4 is 29.0 Å². The molecule has 0 aliphatic carbocycles. The molecule has 0 spiro atoms. The van der Waals surface area contributed by atoms with E-state index in [9.17, 15) is 0 Å². The molecule has 1 aliphatic rings. The first-order chi connectivity index (χ1) is 18.5. The third-order valence-electron chi connectivity index (χ3n) is 6.32. The fraction of sp³-hybridized carbons (Fsp3) is 0.308. The van der Waals surface area contributed by atoms with Gasteiger partial charge in [-0.2, -0.15) is 5.10 Å². The minimum absolute atomic E-state index is 0. The number of hydrogen-bond donors (Lipinski definition) is 2. The summed E-state index contributed by atoms with van der Waals surface area (Å²) < 4.78 is 28.3. The molecule has 1 aromatic carbocycles. The van der Waals surface area contributed by atoms with Crippen LogP contribution < -0.4 is 15.2 Å². The number of methoxy groups -OCH3 is 1. The molecule has 10 nitrogen and oxygen atoms in total. The van der Waals surface area contributed by atoms with Crippen LogP contribution in [0.25, 0.3) is 32.7 Å². The molecule has 1 fully saturated rings. The predicted molar refractivity (Wildman–Crippen MR) is 148 cm³/mol. The number of thiazole rings is 1. The van der Waals surface area contributed by atoms with Gasteiger partial charge in [-0.1, -0.05) is 6.07 Å². The van der Waals surface area contributed by atoms with Crippen LogP contribution in [0.5, 0.6) is 11.5 Å². The minimum Gasteiger partial charge on any atom is -0.660 e. The molecule has 5 rings (SSSR count). The van der Waals surface area contributed by atoms with Crippen molar-refractivity contribution in [2.24, 2.45) is 10.7 Å². The summed E-state index contributed by atoms with van der Waals surface area (Å²) in [6, 6.07) is 8.38. The Morgan fingerprint density at radius 3 is 2.82 bits per heavy atom. The molecule has 0 bridgehead atoms. The van der Waals surface area contributed by atoms with Crippen molar-refractivity contribution in [3.05, 3.63) is 58.2 Å². The molecule has 0 saturated carbocycles. The van der Waals surface area contributed by atoms with Crippen molar-refractivity contribution in [3.8, 4) is 33.3 Å². The summed E-state index contributed by atoms with van der Waals surface area (Å²) in [7, 11) is 1.47. The van der Waals surface area contributed by atoms with Gasteiger partial charge < -0.3 is 25.4 Å². The molecule has 4 heterocycles. The van der Waals surface area contributed by atoms with Crippen molar-refractivity contribution < 1.29 is 54.3 Å². The van der Waals surface area contributed by atoms with Crippen LogP contribution in [0.1, 0.15) is 10.6 Å². The van der Waals surface area contributed by atoms with E-state index in [2.05, 4.69) is 20.3 Å². The zero-order valence-electron chi connectivity index (χ0n) is 21.6. The van der Waals surface area contributed by atoms with E-state index in [1.807, 2.05) is 25.3 Å². The second-order valence-electron chi connectivity index (χ2n) is 8.67. The number of hydrogen-bond acceptors (Lipinski definition) is 7. The molecular formula is C26H28FN8O2SSm-. The molecular weight excluding hydrogens is 658 g/mol. The van der Waals surface area contributed by atoms with E-state index in [4.69, 9.17) is 25.6 Å². The summed E-state index contributed by atoms with van der Waals surface area (Å²) in [5, 5.41) is 17.0. The van der Waals surface area contributed by atoms with Gasteiger partial charge >= 0.3 is 0 Å². The predicted octanol–water partition coefficient (Wildman–Crippen LogP) is 3.96. The zero-order chi connectivity index (χ0) is 26.6. The quantitative estimate of drug-likeness (QED) is 0.203. The second kappa shape index (κ2) is 13.2. The molecule has 1 aliphatic heterocycles. The van der Waals surface area contributed by atoms with Crippen LogP contribution in [0.15, 0.2) is 41.5 Å². The van der Waals surface area contributed by atoms with Gasteiger partial charge in [0.05, 0.1) is 40.0 Å². The number of rotatable bonds is 9. The zero-order valence-corrected chi connectivity index (χ0v) is 25.0. The van der Waals surface area contributed by atoms with Crippen molar-refractivity contribution in [3.63, 3.8) is 0 Å². The van der Waals surface area contributed by atoms with Crippen LogP contribution in [-0.2, 0) is 0 Å². The van der Waals surface area contributed by atoms with Crippen LogP contribution in [-0.4, -0.2) is 78.1 Å². The molecule has 4 aromatic rings. The van der Waals surface area contributed by atoms with Gasteiger partial charge in [-0.25, -0.2) is 18.9 Å². The van der Waals surface area contributed by atoms with E-state index in [-0.39, 0.29) is 51.8 Å². The number of nitrogens with one attached hydrogen (secondary N) is 1. The van der Waals surface area contributed by atoms with Gasteiger partial charge in [-0.15, -0.1) is 24.4 Å². The Bertz CT molecular complexity index is 1500. The minimum atomic E-state index is -0.500. The fourth-order valence-electron chi connectivity index (χ4n) is 4.46. The number of amidine groups is 1. The number of nitrogens with zero attached hydrogens (tertiary/aromatic N) is 6. The van der Waals surface area contributed by atoms with Crippen molar-refractivity contribution in [2.75, 3.05) is 46.4 Å². The van der Waals surface area contributed by atoms with E-state index in [1.165, 1.54) is 24.5 Å². The molecule has 3 N–H and O–H groups in total. The van der Waals surface area contributed by atoms with Crippen LogP contribution in [0.3, 0.4) is 0 Å². The Balaban J connectivity index is 0.00000353. The summed E-state index contributed by atoms with van der Waals surface area (Å²) in [4.78, 5) is 11.5. The first-order valence-corrected chi connectivity index (χ1v) is 13.0. The molecule has 0 atom stereocenters. The smallest absolute Gasteiger partial charge is 0.144 e. The third-order valence-corrected chi connectivity index (χ3v) is 7.41. The Labute approximate surface area is 262 Å². The van der Waals surface area contributed by atoms with Crippen LogP contribution in [0.4, 0.5) is 4.39 Å². The van der Waals surface area contributed by atoms with E-state index in [1.54, 1.807) is 16.6 Å². The van der Waals surface area contributed by atoms with Gasteiger partial charge in [0.25, 0.3) is 0 Å². The number of aliphatic imine (C=N–C) groups is 1. The first-order valence-electron chi connectivity index (χ1n) is 12.1. The first kappa shape index (κ1) is 29.5. The molecule has 0 radical (unpaired) electrons. The van der Waals surface area contributed by atoms with Gasteiger partial charge in [0.1, 0.15) is 41.1 Å². The van der Waals surface area contributed by atoms with E-state index in [0.717, 1.165) is 61.6 Å². The fourth-order valence-corrected chi connectivity index (χ4v) is 5.55. The van der Waals surface area contributed by atoms with Crippen molar-refractivity contribution in [2.45, 2.75) is 6.92 Å². The SMILES string of the molecule is COc1cccc(F)c1-c1nc(-c2c(C)nn3ccc(OCCN4CC[N-]CC4)cc23)sc1C(N)=NC=N.[Sm]. The summed E-state index contributed by atoms with van der Waals surface area (Å²) in [6.07, 6.45) is 2.70. The number of piperazine rings is 1. The Hall–Kier alpha value is -2.53. The monoisotopic (exact) mass is 687 g/mol. The number of aromatic nitrogens is 3. The molecule has 13 heteroatoms. The van der Waals surface area contributed by atoms with Gasteiger partial charge in [0.15, 0.2) is 0 Å². The number of halogens is 1. The summed E-state index contributed by atoms with van der Waals surface area (Å²) in [5.41, 5.74) is 9.00. The average molecular weight is 686 g/mol. The number of fused-ring (bicyclic) bond motifs is 1. The normalized spacial score (nSPS) is 14.3. The maximum Gasteiger partial charge on any atom is 0.144 e. The molecule has 3 aromatic heterocycles. The second-order valence-corrected chi connectivity index (χ2v) is 9.67. The number of benzene rings is 1. The third kappa shape index (κ3) is 6.29. The molecule has 0 amide bonds. The van der Waals surface area contributed by atoms with E-state index in [0.29, 0.717) is 27.9 Å². The van der Waals surface area contributed by atoms with E-state index >= 15 is 4.39 Å². The number of aryl methyl sites for hydroxylation is 1. The largest absolute Gasteiger partial charge is 0.660 e. The van der Waals surface area contributed by atoms with Crippen LogP contribution >= 0.6 is 11.3 Å². The Morgan fingerprint density at radius 1 is 1.28 bits per heavy atom. The maximum absolute atomic E-state index is 15.1. The maximum atomic E-state index is 15.1. The van der Waals surface area contributed by atoms with Crippen LogP contribution in [0, 0.1) is 58.5 Å². The number of nitrogens with two attached hydrogens (primary N) is 1. The summed E-state index contributed by atoms with van der Waals surface area (Å²) in [5.74, 6) is 0.603. The Kier molecular flexibility index (Phi) is 9.98. The molecule has 204 valence electrons.